The van der Waals surface area contributed by atoms with Gasteiger partial charge in [-0.05, 0) is 54.4 Å². The minimum Gasteiger partial charge on any atom is -0.467 e. The molecular formula is C36H35N5O6S. The largest absolute Gasteiger partial charge is 0.467 e. The number of ether oxygens (including phenoxy) is 2. The molecule has 12 heteroatoms. The van der Waals surface area contributed by atoms with Gasteiger partial charge in [-0.2, -0.15) is 0 Å². The van der Waals surface area contributed by atoms with E-state index in [1.807, 2.05) is 54.3 Å². The Kier molecular flexibility index (Phi) is 9.06. The van der Waals surface area contributed by atoms with Crippen LogP contribution in [0.4, 0.5) is 5.69 Å². The van der Waals surface area contributed by atoms with Crippen molar-refractivity contribution in [2.45, 2.75) is 36.8 Å². The maximum atomic E-state index is 14.0. The number of fused-ring (bicyclic) bond motifs is 2. The highest BCUT2D eigenvalue weighted by atomic mass is 32.2. The number of aromatic nitrogens is 2. The lowest BCUT2D eigenvalue weighted by atomic mass is 10.1. The Morgan fingerprint density at radius 1 is 0.938 bits per heavy atom. The van der Waals surface area contributed by atoms with Crippen LogP contribution in [0.1, 0.15) is 35.0 Å². The van der Waals surface area contributed by atoms with Gasteiger partial charge in [-0.1, -0.05) is 49.0 Å². The normalized spacial score (nSPS) is 14.7. The van der Waals surface area contributed by atoms with E-state index in [1.165, 1.54) is 11.8 Å². The van der Waals surface area contributed by atoms with E-state index >= 15 is 0 Å². The van der Waals surface area contributed by atoms with E-state index < -0.39 is 5.25 Å². The molecule has 2 aliphatic heterocycles. The molecule has 11 nitrogen and oxygen atoms in total. The molecule has 4 heterocycles. The molecule has 246 valence electrons. The Morgan fingerprint density at radius 3 is 2.40 bits per heavy atom. The second-order valence-corrected chi connectivity index (χ2v) is 12.8. The summed E-state index contributed by atoms with van der Waals surface area (Å²) in [7, 11) is 0. The Morgan fingerprint density at radius 2 is 1.69 bits per heavy atom. The van der Waals surface area contributed by atoms with E-state index in [0.717, 1.165) is 24.3 Å². The summed E-state index contributed by atoms with van der Waals surface area (Å²) >= 11 is 1.24. The molecule has 0 unspecified atom stereocenters. The lowest BCUT2D eigenvalue weighted by Crippen LogP contribution is -2.48. The summed E-state index contributed by atoms with van der Waals surface area (Å²) in [5.41, 5.74) is 2.78. The predicted molar refractivity (Wildman–Crippen MR) is 183 cm³/mol. The number of nitrogens with one attached hydrogen (secondary N) is 1. The van der Waals surface area contributed by atoms with Crippen LogP contribution in [-0.4, -0.2) is 64.5 Å². The third kappa shape index (κ3) is 6.61. The zero-order valence-electron chi connectivity index (χ0n) is 26.5. The fraction of sp³-hybridized carbons (Fsp3) is 0.278. The molecule has 5 aromatic rings. The summed E-state index contributed by atoms with van der Waals surface area (Å²) in [4.78, 5) is 49.6. The molecule has 2 amide bonds. The molecule has 0 saturated carbocycles. The van der Waals surface area contributed by atoms with E-state index in [0.29, 0.717) is 58.4 Å². The van der Waals surface area contributed by atoms with Crippen LogP contribution in [0.25, 0.3) is 10.9 Å². The van der Waals surface area contributed by atoms with Gasteiger partial charge < -0.3 is 29.0 Å². The minimum absolute atomic E-state index is 0.0162. The summed E-state index contributed by atoms with van der Waals surface area (Å²) in [6, 6.07) is 24.5. The fourth-order valence-corrected chi connectivity index (χ4v) is 6.93. The van der Waals surface area contributed by atoms with Gasteiger partial charge in [0.15, 0.2) is 16.7 Å². The lowest BCUT2D eigenvalue weighted by molar-refractivity contribution is -0.120. The average molecular weight is 666 g/mol. The fourth-order valence-electron chi connectivity index (χ4n) is 5.90. The van der Waals surface area contributed by atoms with Gasteiger partial charge in [0.25, 0.3) is 11.5 Å². The highest BCUT2D eigenvalue weighted by molar-refractivity contribution is 8.00. The average Bonchev–Trinajstić information content (AvgIpc) is 3.83. The molecule has 0 radical (unpaired) electrons. The quantitative estimate of drug-likeness (QED) is 0.164. The number of furan rings is 1. The molecular weight excluding hydrogens is 630 g/mol. The Hall–Kier alpha value is -5.23. The lowest BCUT2D eigenvalue weighted by Gasteiger charge is -2.36. The summed E-state index contributed by atoms with van der Waals surface area (Å²) in [5, 5.41) is 3.21. The highest BCUT2D eigenvalue weighted by Crippen LogP contribution is 2.35. The molecule has 3 aromatic carbocycles. The van der Waals surface area contributed by atoms with Gasteiger partial charge in [-0.3, -0.25) is 19.0 Å². The first-order valence-electron chi connectivity index (χ1n) is 16.0. The number of rotatable bonds is 10. The Balaban J connectivity index is 1.11. The van der Waals surface area contributed by atoms with Crippen LogP contribution in [0, 0.1) is 0 Å². The molecule has 7 rings (SSSR count). The minimum atomic E-state index is -0.507. The van der Waals surface area contributed by atoms with Crippen molar-refractivity contribution in [3.05, 3.63) is 112 Å². The van der Waals surface area contributed by atoms with Crippen LogP contribution in [0.15, 0.2) is 99.5 Å². The molecule has 0 bridgehead atoms. The van der Waals surface area contributed by atoms with E-state index in [2.05, 4.69) is 22.3 Å². The first kappa shape index (κ1) is 31.4. The molecule has 1 saturated heterocycles. The van der Waals surface area contributed by atoms with Crippen LogP contribution in [0.3, 0.4) is 0 Å². The van der Waals surface area contributed by atoms with Crippen LogP contribution in [0.5, 0.6) is 11.5 Å². The van der Waals surface area contributed by atoms with Gasteiger partial charge in [-0.25, -0.2) is 4.98 Å². The van der Waals surface area contributed by atoms with E-state index in [-0.39, 0.29) is 37.3 Å². The van der Waals surface area contributed by atoms with Crippen LogP contribution < -0.4 is 25.2 Å². The maximum Gasteiger partial charge on any atom is 0.262 e. The predicted octanol–water partition coefficient (Wildman–Crippen LogP) is 4.92. The van der Waals surface area contributed by atoms with Crippen molar-refractivity contribution < 1.29 is 23.5 Å². The Bertz CT molecular complexity index is 1970. The van der Waals surface area contributed by atoms with Crippen LogP contribution in [0.2, 0.25) is 0 Å². The number of hydrogen-bond donors (Lipinski definition) is 1. The summed E-state index contributed by atoms with van der Waals surface area (Å²) in [6.07, 6.45) is 2.08. The first-order chi connectivity index (χ1) is 23.5. The number of carbonyl (C=O) groups excluding carboxylic acids is 2. The van der Waals surface area contributed by atoms with Gasteiger partial charge in [0.2, 0.25) is 12.7 Å². The molecule has 2 aromatic heterocycles. The van der Waals surface area contributed by atoms with E-state index in [4.69, 9.17) is 18.9 Å². The zero-order valence-corrected chi connectivity index (χ0v) is 27.3. The van der Waals surface area contributed by atoms with Crippen LogP contribution >= 0.6 is 11.8 Å². The van der Waals surface area contributed by atoms with Crippen molar-refractivity contribution in [2.75, 3.05) is 37.9 Å². The third-order valence-electron chi connectivity index (χ3n) is 8.57. The van der Waals surface area contributed by atoms with Crippen molar-refractivity contribution >= 4 is 40.2 Å². The van der Waals surface area contributed by atoms with Crippen molar-refractivity contribution in [1.82, 2.24) is 19.8 Å². The molecule has 48 heavy (non-hydrogen) atoms. The first-order valence-corrected chi connectivity index (χ1v) is 16.8. The van der Waals surface area contributed by atoms with Gasteiger partial charge in [-0.15, -0.1) is 0 Å². The van der Waals surface area contributed by atoms with E-state index in [1.54, 1.807) is 35.1 Å². The summed E-state index contributed by atoms with van der Waals surface area (Å²) in [6.45, 7) is 5.27. The SMILES string of the molecule is CC[C@H](Sc1nc2cc3c(cc2c(=O)n1Cc1ccc(C(=O)N2CCN(c4ccccc4)CC2)cc1)OCO3)C(=O)NCc1ccco1. The highest BCUT2D eigenvalue weighted by Gasteiger charge is 2.25. The van der Waals surface area contributed by atoms with Crippen molar-refractivity contribution in [3.8, 4) is 11.5 Å². The van der Waals surface area contributed by atoms with Gasteiger partial charge in [0.1, 0.15) is 5.76 Å². The number of nitrogens with zero attached hydrogens (tertiary/aromatic N) is 4. The van der Waals surface area contributed by atoms with Crippen molar-refractivity contribution in [3.63, 3.8) is 0 Å². The third-order valence-corrected chi connectivity index (χ3v) is 9.93. The van der Waals surface area contributed by atoms with Gasteiger partial charge in [0.05, 0.1) is 35.5 Å². The monoisotopic (exact) mass is 665 g/mol. The number of anilines is 1. The number of para-hydroxylation sites is 1. The van der Waals surface area contributed by atoms with Crippen molar-refractivity contribution in [1.29, 1.82) is 0 Å². The summed E-state index contributed by atoms with van der Waals surface area (Å²) < 4.78 is 18.0. The topological polar surface area (TPSA) is 119 Å². The van der Waals surface area contributed by atoms with E-state index in [9.17, 15) is 14.4 Å². The number of carbonyl (C=O) groups is 2. The van der Waals surface area contributed by atoms with Gasteiger partial charge in [0, 0.05) is 43.5 Å². The maximum absolute atomic E-state index is 14.0. The smallest absolute Gasteiger partial charge is 0.262 e. The zero-order chi connectivity index (χ0) is 33.0. The molecule has 0 spiro atoms. The standard InChI is InChI=1S/C36H35N5O6S/c1-2-32(33(42)37-21-27-9-6-18-45-27)48-36-38-29-20-31-30(46-23-47-31)19-28(29)35(44)41(36)22-24-10-12-25(13-11-24)34(43)40-16-14-39(15-17-40)26-7-4-3-5-8-26/h3-13,18-20,32H,2,14-17,21-23H2,1H3,(H,37,42)/t32-/m0/s1. The number of amides is 2. The van der Waals surface area contributed by atoms with Crippen molar-refractivity contribution in [2.24, 2.45) is 0 Å². The van der Waals surface area contributed by atoms with Gasteiger partial charge >= 0.3 is 0 Å². The molecule has 1 fully saturated rings. The number of hydrogen-bond acceptors (Lipinski definition) is 9. The second-order valence-electron chi connectivity index (χ2n) is 11.6. The number of piperazine rings is 1. The number of thioether (sulfide) groups is 1. The van der Waals surface area contributed by atoms with Crippen LogP contribution in [-0.2, 0) is 17.9 Å². The Labute approximate surface area is 281 Å². The molecule has 1 N–H and O–H groups in total. The molecule has 2 aliphatic rings. The summed E-state index contributed by atoms with van der Waals surface area (Å²) in [5.74, 6) is 1.46. The number of benzene rings is 3. The molecule has 1 atom stereocenters. The molecule has 0 aliphatic carbocycles. The second kappa shape index (κ2) is 13.9.